The Bertz CT molecular complexity index is 481. The van der Waals surface area contributed by atoms with E-state index in [0.717, 1.165) is 0 Å². The number of nitrogens with zero attached hydrogens (tertiary/aromatic N) is 3. The van der Waals surface area contributed by atoms with Crippen molar-refractivity contribution in [2.45, 2.75) is 20.3 Å². The van der Waals surface area contributed by atoms with E-state index >= 15 is 0 Å². The number of hydrogen-bond acceptors (Lipinski definition) is 4. The van der Waals surface area contributed by atoms with E-state index in [1.807, 2.05) is 13.8 Å². The lowest BCUT2D eigenvalue weighted by atomic mass is 10.2. The molecule has 1 rings (SSSR count). The van der Waals surface area contributed by atoms with Crippen molar-refractivity contribution < 1.29 is 9.59 Å². The number of rotatable bonds is 5. The quantitative estimate of drug-likeness (QED) is 0.771. The van der Waals surface area contributed by atoms with Crippen molar-refractivity contribution in [2.75, 3.05) is 25.9 Å². The normalized spacial score (nSPS) is 10.3. The second-order valence-electron chi connectivity index (χ2n) is 4.28. The number of nitrogen functional groups attached to an aromatic ring is 1. The minimum Gasteiger partial charge on any atom is -0.395 e. The highest BCUT2D eigenvalue weighted by Gasteiger charge is 2.19. The first-order chi connectivity index (χ1) is 8.92. The van der Waals surface area contributed by atoms with Gasteiger partial charge in [0.25, 0.3) is 5.91 Å². The summed E-state index contributed by atoms with van der Waals surface area (Å²) in [6, 6.07) is 0. The highest BCUT2D eigenvalue weighted by atomic mass is 16.2. The molecule has 0 bridgehead atoms. The van der Waals surface area contributed by atoms with Gasteiger partial charge >= 0.3 is 0 Å². The van der Waals surface area contributed by atoms with Gasteiger partial charge in [-0.1, -0.05) is 6.92 Å². The molecule has 2 amide bonds. The summed E-state index contributed by atoms with van der Waals surface area (Å²) in [6.45, 7) is 4.34. The first-order valence-corrected chi connectivity index (χ1v) is 6.25. The molecule has 7 heteroatoms. The van der Waals surface area contributed by atoms with Crippen molar-refractivity contribution in [1.82, 2.24) is 20.0 Å². The predicted molar refractivity (Wildman–Crippen MR) is 72.6 cm³/mol. The van der Waals surface area contributed by atoms with Crippen molar-refractivity contribution in [3.8, 4) is 0 Å². The Morgan fingerprint density at radius 3 is 2.53 bits per heavy atom. The number of nitrogens with two attached hydrogens (primary N) is 1. The second kappa shape index (κ2) is 6.21. The van der Waals surface area contributed by atoms with E-state index in [1.54, 1.807) is 14.1 Å². The van der Waals surface area contributed by atoms with Crippen LogP contribution in [-0.2, 0) is 18.3 Å². The summed E-state index contributed by atoms with van der Waals surface area (Å²) < 4.78 is 1.44. The molecule has 0 saturated carbocycles. The van der Waals surface area contributed by atoms with Gasteiger partial charge in [0.1, 0.15) is 5.69 Å². The van der Waals surface area contributed by atoms with Crippen LogP contribution in [0.1, 0.15) is 30.0 Å². The zero-order valence-corrected chi connectivity index (χ0v) is 11.9. The van der Waals surface area contributed by atoms with E-state index < -0.39 is 0 Å². The van der Waals surface area contributed by atoms with Crippen LogP contribution in [0.15, 0.2) is 0 Å². The average Bonchev–Trinajstić information content (AvgIpc) is 2.69. The molecule has 1 aromatic rings. The van der Waals surface area contributed by atoms with Crippen LogP contribution in [0, 0.1) is 0 Å². The Kier molecular flexibility index (Phi) is 4.91. The molecule has 0 aliphatic rings. The van der Waals surface area contributed by atoms with Crippen LogP contribution in [0.5, 0.6) is 0 Å². The summed E-state index contributed by atoms with van der Waals surface area (Å²) in [5, 5.41) is 6.73. The largest absolute Gasteiger partial charge is 0.395 e. The molecule has 1 heterocycles. The minimum absolute atomic E-state index is 0.0464. The number of amides is 2. The SMILES string of the molecule is CCc1nn(C)c(C(=O)NCC(=O)N(C)CC)c1N. The van der Waals surface area contributed by atoms with Crippen LogP contribution in [-0.4, -0.2) is 46.6 Å². The van der Waals surface area contributed by atoms with Gasteiger partial charge in [0.2, 0.25) is 5.91 Å². The van der Waals surface area contributed by atoms with Crippen molar-refractivity contribution >= 4 is 17.5 Å². The molecule has 0 radical (unpaired) electrons. The summed E-state index contributed by atoms with van der Waals surface area (Å²) >= 11 is 0. The molecule has 0 saturated heterocycles. The summed E-state index contributed by atoms with van der Waals surface area (Å²) in [7, 11) is 3.34. The minimum atomic E-state index is -0.384. The third kappa shape index (κ3) is 3.24. The Balaban J connectivity index is 2.74. The molecule has 0 unspecified atom stereocenters. The Hall–Kier alpha value is -2.05. The van der Waals surface area contributed by atoms with Gasteiger partial charge < -0.3 is 16.0 Å². The van der Waals surface area contributed by atoms with Crippen molar-refractivity contribution in [3.05, 3.63) is 11.4 Å². The van der Waals surface area contributed by atoms with Gasteiger partial charge in [0.05, 0.1) is 17.9 Å². The first kappa shape index (κ1) is 15.0. The van der Waals surface area contributed by atoms with Gasteiger partial charge in [-0.15, -0.1) is 0 Å². The second-order valence-corrected chi connectivity index (χ2v) is 4.28. The lowest BCUT2D eigenvalue weighted by Gasteiger charge is -2.14. The Morgan fingerprint density at radius 1 is 1.42 bits per heavy atom. The first-order valence-electron chi connectivity index (χ1n) is 6.25. The summed E-state index contributed by atoms with van der Waals surface area (Å²) in [5.41, 5.74) is 7.22. The highest BCUT2D eigenvalue weighted by Crippen LogP contribution is 2.16. The number of carbonyl (C=O) groups excluding carboxylic acids is 2. The molecular weight excluding hydrogens is 246 g/mol. The molecule has 0 aliphatic carbocycles. The number of anilines is 1. The average molecular weight is 267 g/mol. The van der Waals surface area contributed by atoms with Crippen molar-refractivity contribution in [1.29, 1.82) is 0 Å². The maximum Gasteiger partial charge on any atom is 0.272 e. The van der Waals surface area contributed by atoms with Crippen LogP contribution in [0.2, 0.25) is 0 Å². The number of likely N-dealkylation sites (N-methyl/N-ethyl adjacent to an activating group) is 1. The summed E-state index contributed by atoms with van der Waals surface area (Å²) in [5.74, 6) is -0.530. The van der Waals surface area contributed by atoms with E-state index in [9.17, 15) is 9.59 Å². The molecule has 106 valence electrons. The number of hydrogen-bond donors (Lipinski definition) is 2. The van der Waals surface area contributed by atoms with Crippen LogP contribution in [0.25, 0.3) is 0 Å². The lowest BCUT2D eigenvalue weighted by molar-refractivity contribution is -0.128. The number of aromatic nitrogens is 2. The zero-order valence-electron chi connectivity index (χ0n) is 11.9. The Labute approximate surface area is 112 Å². The zero-order chi connectivity index (χ0) is 14.6. The maximum atomic E-state index is 12.0. The summed E-state index contributed by atoms with van der Waals surface area (Å²) in [4.78, 5) is 25.1. The molecule has 3 N–H and O–H groups in total. The standard InChI is InChI=1S/C12H21N5O2/c1-5-8-10(13)11(17(4)15-8)12(19)14-7-9(18)16(3)6-2/h5-7,13H2,1-4H3,(H,14,19). The maximum absolute atomic E-state index is 12.0. The van der Waals surface area contributed by atoms with E-state index in [1.165, 1.54) is 9.58 Å². The number of aryl methyl sites for hydroxylation is 2. The van der Waals surface area contributed by atoms with Gasteiger partial charge in [-0.05, 0) is 13.3 Å². The summed E-state index contributed by atoms with van der Waals surface area (Å²) in [6.07, 6.45) is 0.657. The lowest BCUT2D eigenvalue weighted by Crippen LogP contribution is -2.38. The van der Waals surface area contributed by atoms with Crippen LogP contribution < -0.4 is 11.1 Å². The van der Waals surface area contributed by atoms with Gasteiger partial charge in [0.15, 0.2) is 0 Å². The predicted octanol–water partition coefficient (Wildman–Crippen LogP) is -0.227. The van der Waals surface area contributed by atoms with Crippen LogP contribution in [0.4, 0.5) is 5.69 Å². The third-order valence-electron chi connectivity index (χ3n) is 3.01. The van der Waals surface area contributed by atoms with Gasteiger partial charge in [-0.3, -0.25) is 14.3 Å². The number of carbonyl (C=O) groups is 2. The van der Waals surface area contributed by atoms with E-state index in [-0.39, 0.29) is 18.4 Å². The van der Waals surface area contributed by atoms with E-state index in [2.05, 4.69) is 10.4 Å². The molecule has 0 spiro atoms. The highest BCUT2D eigenvalue weighted by molar-refractivity contribution is 5.99. The number of nitrogens with one attached hydrogen (secondary N) is 1. The fraction of sp³-hybridized carbons (Fsp3) is 0.583. The van der Waals surface area contributed by atoms with Gasteiger partial charge in [-0.2, -0.15) is 5.10 Å². The third-order valence-corrected chi connectivity index (χ3v) is 3.01. The van der Waals surface area contributed by atoms with E-state index in [0.29, 0.717) is 30.0 Å². The molecule has 0 aliphatic heterocycles. The monoisotopic (exact) mass is 267 g/mol. The molecule has 0 aromatic carbocycles. The van der Waals surface area contributed by atoms with Crippen LogP contribution >= 0.6 is 0 Å². The van der Waals surface area contributed by atoms with Gasteiger partial charge in [-0.25, -0.2) is 0 Å². The molecule has 0 atom stereocenters. The molecule has 0 fully saturated rings. The molecule has 1 aromatic heterocycles. The van der Waals surface area contributed by atoms with Gasteiger partial charge in [0, 0.05) is 20.6 Å². The fourth-order valence-electron chi connectivity index (χ4n) is 1.68. The van der Waals surface area contributed by atoms with Crippen molar-refractivity contribution in [2.24, 2.45) is 7.05 Å². The molecule has 19 heavy (non-hydrogen) atoms. The fourth-order valence-corrected chi connectivity index (χ4v) is 1.68. The van der Waals surface area contributed by atoms with Crippen LogP contribution in [0.3, 0.4) is 0 Å². The van der Waals surface area contributed by atoms with E-state index in [4.69, 9.17) is 5.73 Å². The Morgan fingerprint density at radius 2 is 2.05 bits per heavy atom. The molecule has 7 nitrogen and oxygen atoms in total. The molecular formula is C12H21N5O2. The topological polar surface area (TPSA) is 93.2 Å². The smallest absolute Gasteiger partial charge is 0.272 e. The van der Waals surface area contributed by atoms with Crippen molar-refractivity contribution in [3.63, 3.8) is 0 Å².